The van der Waals surface area contributed by atoms with Crippen LogP contribution in [0.25, 0.3) is 43.9 Å². The van der Waals surface area contributed by atoms with Crippen LogP contribution in [0.4, 0.5) is 0 Å². The van der Waals surface area contributed by atoms with Crippen LogP contribution in [-0.2, 0) is 0 Å². The topological polar surface area (TPSA) is 33.1 Å². The van der Waals surface area contributed by atoms with E-state index in [1.165, 1.54) is 16.5 Å². The van der Waals surface area contributed by atoms with Crippen molar-refractivity contribution < 1.29 is 5.11 Å². The molecule has 0 atom stereocenters. The van der Waals surface area contributed by atoms with Crippen LogP contribution in [0.3, 0.4) is 0 Å². The van der Waals surface area contributed by atoms with Gasteiger partial charge in [-0.2, -0.15) is 0 Å². The Morgan fingerprint density at radius 3 is 2.04 bits per heavy atom. The lowest BCUT2D eigenvalue weighted by Gasteiger charge is -2.12. The smallest absolute Gasteiger partial charge is 0.115 e. The van der Waals surface area contributed by atoms with E-state index in [0.717, 1.165) is 27.4 Å². The van der Waals surface area contributed by atoms with Gasteiger partial charge in [0.05, 0.1) is 5.52 Å². The van der Waals surface area contributed by atoms with Crippen LogP contribution in [0.5, 0.6) is 5.75 Å². The molecule has 0 aliphatic carbocycles. The molecule has 0 amide bonds. The van der Waals surface area contributed by atoms with Gasteiger partial charge in [0.1, 0.15) is 5.75 Å². The molecule has 5 rings (SSSR count). The number of nitrogens with zero attached hydrogens (tertiary/aromatic N) is 1. The van der Waals surface area contributed by atoms with Gasteiger partial charge in [0.15, 0.2) is 0 Å². The number of aromatic hydroxyl groups is 1. The third-order valence-electron chi connectivity index (χ3n) is 5.03. The van der Waals surface area contributed by atoms with Crippen molar-refractivity contribution in [2.75, 3.05) is 0 Å². The highest BCUT2D eigenvalue weighted by atomic mass is 16.3. The predicted octanol–water partition coefficient (Wildman–Crippen LogP) is 6.43. The minimum absolute atomic E-state index is 0.273. The van der Waals surface area contributed by atoms with E-state index in [9.17, 15) is 5.11 Å². The first-order chi connectivity index (χ1) is 13.3. The summed E-state index contributed by atoms with van der Waals surface area (Å²) >= 11 is 0. The molecule has 0 unspecified atom stereocenters. The van der Waals surface area contributed by atoms with Crippen LogP contribution in [0.1, 0.15) is 0 Å². The fraction of sp³-hybridized carbons (Fsp3) is 0. The quantitative estimate of drug-likeness (QED) is 0.373. The molecular weight excluding hydrogens is 330 g/mol. The van der Waals surface area contributed by atoms with Gasteiger partial charge in [-0.15, -0.1) is 0 Å². The number of benzene rings is 4. The SMILES string of the molecule is Oc1ccc(-c2ccnc3c2ccc2c(-c4ccccc4)cccc23)cc1. The molecule has 27 heavy (non-hydrogen) atoms. The number of hydrogen-bond donors (Lipinski definition) is 1. The second kappa shape index (κ2) is 6.26. The largest absolute Gasteiger partial charge is 0.508 e. The number of pyridine rings is 1. The Morgan fingerprint density at radius 1 is 0.519 bits per heavy atom. The molecule has 2 heteroatoms. The van der Waals surface area contributed by atoms with Gasteiger partial charge in [-0.05, 0) is 45.8 Å². The predicted molar refractivity (Wildman–Crippen MR) is 112 cm³/mol. The van der Waals surface area contributed by atoms with E-state index >= 15 is 0 Å². The maximum Gasteiger partial charge on any atom is 0.115 e. The van der Waals surface area contributed by atoms with Crippen LogP contribution in [-0.4, -0.2) is 10.1 Å². The van der Waals surface area contributed by atoms with Crippen molar-refractivity contribution in [2.45, 2.75) is 0 Å². The molecule has 0 spiro atoms. The lowest BCUT2D eigenvalue weighted by atomic mass is 9.94. The molecular formula is C25H17NO. The number of aromatic nitrogens is 1. The Balaban J connectivity index is 1.79. The number of phenolic OH excluding ortho intramolecular Hbond substituents is 1. The Bertz CT molecular complexity index is 1260. The summed E-state index contributed by atoms with van der Waals surface area (Å²) in [5.74, 6) is 0.273. The van der Waals surface area contributed by atoms with Crippen LogP contribution in [0.2, 0.25) is 0 Å². The van der Waals surface area contributed by atoms with E-state index in [1.807, 2.05) is 30.5 Å². The molecule has 0 saturated carbocycles. The van der Waals surface area contributed by atoms with E-state index in [4.69, 9.17) is 4.98 Å². The number of hydrogen-bond acceptors (Lipinski definition) is 2. The summed E-state index contributed by atoms with van der Waals surface area (Å²) in [6.07, 6.45) is 1.86. The Morgan fingerprint density at radius 2 is 1.22 bits per heavy atom. The third-order valence-corrected chi connectivity index (χ3v) is 5.03. The fourth-order valence-corrected chi connectivity index (χ4v) is 3.74. The van der Waals surface area contributed by atoms with Crippen molar-refractivity contribution in [3.05, 3.63) is 97.2 Å². The molecule has 0 aliphatic heterocycles. The molecule has 1 aromatic heterocycles. The fourth-order valence-electron chi connectivity index (χ4n) is 3.74. The summed E-state index contributed by atoms with van der Waals surface area (Å²) in [6.45, 7) is 0. The van der Waals surface area contributed by atoms with Crippen molar-refractivity contribution in [3.63, 3.8) is 0 Å². The molecule has 0 saturated heterocycles. The minimum Gasteiger partial charge on any atom is -0.508 e. The van der Waals surface area contributed by atoms with Crippen molar-refractivity contribution in [1.29, 1.82) is 0 Å². The van der Waals surface area contributed by atoms with E-state index in [1.54, 1.807) is 12.1 Å². The van der Waals surface area contributed by atoms with E-state index in [-0.39, 0.29) is 5.75 Å². The summed E-state index contributed by atoms with van der Waals surface area (Å²) < 4.78 is 0. The molecule has 0 radical (unpaired) electrons. The van der Waals surface area contributed by atoms with Gasteiger partial charge in [-0.25, -0.2) is 0 Å². The summed E-state index contributed by atoms with van der Waals surface area (Å²) in [7, 11) is 0. The highest BCUT2D eigenvalue weighted by molar-refractivity contribution is 6.13. The average molecular weight is 347 g/mol. The summed E-state index contributed by atoms with van der Waals surface area (Å²) in [4.78, 5) is 4.70. The summed E-state index contributed by atoms with van der Waals surface area (Å²) in [5.41, 5.74) is 5.60. The second-order valence-corrected chi connectivity index (χ2v) is 6.63. The van der Waals surface area contributed by atoms with Gasteiger partial charge in [-0.3, -0.25) is 4.98 Å². The average Bonchev–Trinajstić information content (AvgIpc) is 2.74. The standard InChI is InChI=1S/C25H17NO/c27-19-11-9-18(10-12-19)21-15-16-26-25-23-8-4-7-20(17-5-2-1-3-6-17)22(23)13-14-24(21)25/h1-16,27H. The van der Waals surface area contributed by atoms with Gasteiger partial charge in [0, 0.05) is 17.0 Å². The van der Waals surface area contributed by atoms with Gasteiger partial charge in [-0.1, -0.05) is 72.8 Å². The number of phenols is 1. The molecule has 1 N–H and O–H groups in total. The minimum atomic E-state index is 0.273. The lowest BCUT2D eigenvalue weighted by Crippen LogP contribution is -1.88. The van der Waals surface area contributed by atoms with Crippen LogP contribution < -0.4 is 0 Å². The third kappa shape index (κ3) is 2.63. The van der Waals surface area contributed by atoms with Crippen molar-refractivity contribution >= 4 is 21.7 Å². The molecule has 0 bridgehead atoms. The summed E-state index contributed by atoms with van der Waals surface area (Å²) in [5, 5.41) is 13.0. The van der Waals surface area contributed by atoms with Gasteiger partial charge in [0.25, 0.3) is 0 Å². The van der Waals surface area contributed by atoms with E-state index < -0.39 is 0 Å². The van der Waals surface area contributed by atoms with E-state index in [2.05, 4.69) is 54.6 Å². The monoisotopic (exact) mass is 347 g/mol. The first-order valence-electron chi connectivity index (χ1n) is 8.96. The zero-order valence-electron chi connectivity index (χ0n) is 14.6. The lowest BCUT2D eigenvalue weighted by molar-refractivity contribution is 0.475. The maximum absolute atomic E-state index is 9.58. The van der Waals surface area contributed by atoms with Crippen LogP contribution >= 0.6 is 0 Å². The van der Waals surface area contributed by atoms with Gasteiger partial charge in [0.2, 0.25) is 0 Å². The zero-order valence-corrected chi connectivity index (χ0v) is 14.6. The second-order valence-electron chi connectivity index (χ2n) is 6.63. The normalized spacial score (nSPS) is 11.1. The van der Waals surface area contributed by atoms with Crippen molar-refractivity contribution in [1.82, 2.24) is 4.98 Å². The van der Waals surface area contributed by atoms with Gasteiger partial charge >= 0.3 is 0 Å². The van der Waals surface area contributed by atoms with Gasteiger partial charge < -0.3 is 5.11 Å². The number of fused-ring (bicyclic) bond motifs is 3. The van der Waals surface area contributed by atoms with Crippen LogP contribution in [0.15, 0.2) is 97.2 Å². The maximum atomic E-state index is 9.58. The molecule has 128 valence electrons. The highest BCUT2D eigenvalue weighted by Crippen LogP contribution is 2.36. The molecule has 2 nitrogen and oxygen atoms in total. The van der Waals surface area contributed by atoms with Crippen molar-refractivity contribution in [2.24, 2.45) is 0 Å². The van der Waals surface area contributed by atoms with Crippen molar-refractivity contribution in [3.8, 4) is 28.0 Å². The first kappa shape index (κ1) is 15.6. The zero-order chi connectivity index (χ0) is 18.2. The molecule has 5 aromatic rings. The molecule has 0 aliphatic rings. The highest BCUT2D eigenvalue weighted by Gasteiger charge is 2.10. The molecule has 0 fully saturated rings. The first-order valence-corrected chi connectivity index (χ1v) is 8.96. The Hall–Kier alpha value is -3.65. The van der Waals surface area contributed by atoms with Crippen LogP contribution in [0, 0.1) is 0 Å². The molecule has 4 aromatic carbocycles. The number of rotatable bonds is 2. The Kier molecular flexibility index (Phi) is 3.61. The van der Waals surface area contributed by atoms with E-state index in [0.29, 0.717) is 0 Å². The molecule has 1 heterocycles. The Labute approximate surface area is 157 Å². The summed E-state index contributed by atoms with van der Waals surface area (Å²) in [6, 6.07) is 30.5.